The number of nitrogens with zero attached hydrogens (tertiary/aromatic N) is 2. The van der Waals surface area contributed by atoms with E-state index >= 15 is 0 Å². The van der Waals surface area contributed by atoms with Crippen molar-refractivity contribution in [1.82, 2.24) is 15.1 Å². The third-order valence-electron chi connectivity index (χ3n) is 3.12. The van der Waals surface area contributed by atoms with E-state index in [1.807, 2.05) is 17.9 Å². The molecule has 0 fully saturated rings. The lowest BCUT2D eigenvalue weighted by molar-refractivity contribution is 0.618. The van der Waals surface area contributed by atoms with Gasteiger partial charge in [0, 0.05) is 36.4 Å². The van der Waals surface area contributed by atoms with Gasteiger partial charge in [-0.15, -0.1) is 0 Å². The van der Waals surface area contributed by atoms with Crippen LogP contribution in [0.25, 0.3) is 0 Å². The van der Waals surface area contributed by atoms with Crippen LogP contribution in [-0.2, 0) is 20.1 Å². The summed E-state index contributed by atoms with van der Waals surface area (Å²) in [5.41, 5.74) is 3.22. The number of halogens is 2. The second-order valence-electron chi connectivity index (χ2n) is 5.21. The fourth-order valence-corrected chi connectivity index (χ4v) is 2.57. The zero-order valence-corrected chi connectivity index (χ0v) is 13.5. The predicted molar refractivity (Wildman–Crippen MR) is 81.9 cm³/mol. The van der Waals surface area contributed by atoms with Crippen molar-refractivity contribution in [3.8, 4) is 0 Å². The van der Waals surface area contributed by atoms with E-state index in [1.54, 1.807) is 12.1 Å². The highest BCUT2D eigenvalue weighted by Crippen LogP contribution is 2.19. The molecule has 2 rings (SSSR count). The van der Waals surface area contributed by atoms with Gasteiger partial charge in [0.05, 0.1) is 5.69 Å². The van der Waals surface area contributed by atoms with Crippen molar-refractivity contribution >= 4 is 15.9 Å². The highest BCUT2D eigenvalue weighted by Gasteiger charge is 2.11. The zero-order valence-electron chi connectivity index (χ0n) is 12.0. The molecular formula is C15H19BrFN3. The van der Waals surface area contributed by atoms with Crippen molar-refractivity contribution in [3.05, 3.63) is 51.5 Å². The number of benzene rings is 1. The van der Waals surface area contributed by atoms with Crippen LogP contribution >= 0.6 is 15.9 Å². The lowest BCUT2D eigenvalue weighted by Gasteiger charge is -2.08. The van der Waals surface area contributed by atoms with Crippen molar-refractivity contribution in [1.29, 1.82) is 0 Å². The fourth-order valence-electron chi connectivity index (χ4n) is 2.19. The van der Waals surface area contributed by atoms with E-state index in [9.17, 15) is 4.39 Å². The Morgan fingerprint density at radius 2 is 2.00 bits per heavy atom. The lowest BCUT2D eigenvalue weighted by atomic mass is 10.1. The third kappa shape index (κ3) is 3.67. The smallest absolute Gasteiger partial charge is 0.123 e. The molecule has 0 unspecified atom stereocenters. The Morgan fingerprint density at radius 3 is 2.70 bits per heavy atom. The summed E-state index contributed by atoms with van der Waals surface area (Å²) < 4.78 is 16.0. The second-order valence-corrected chi connectivity index (χ2v) is 6.06. The van der Waals surface area contributed by atoms with Gasteiger partial charge in [-0.2, -0.15) is 5.10 Å². The van der Waals surface area contributed by atoms with Crippen LogP contribution in [0.5, 0.6) is 0 Å². The van der Waals surface area contributed by atoms with E-state index in [4.69, 9.17) is 0 Å². The fraction of sp³-hybridized carbons (Fsp3) is 0.400. The van der Waals surface area contributed by atoms with Gasteiger partial charge in [0.25, 0.3) is 0 Å². The molecule has 0 saturated heterocycles. The van der Waals surface area contributed by atoms with Crippen LogP contribution in [-0.4, -0.2) is 9.78 Å². The standard InChI is InChI=1S/C15H19BrFN3/c1-10(2)15-12(9-20(3)19-15)8-18-7-11-6-13(17)4-5-14(11)16/h4-6,9-10,18H,7-8H2,1-3H3. The second kappa shape index (κ2) is 6.50. The van der Waals surface area contributed by atoms with Crippen LogP contribution in [0.15, 0.2) is 28.9 Å². The lowest BCUT2D eigenvalue weighted by Crippen LogP contribution is -2.14. The summed E-state index contributed by atoms with van der Waals surface area (Å²) in [4.78, 5) is 0. The topological polar surface area (TPSA) is 29.9 Å². The third-order valence-corrected chi connectivity index (χ3v) is 3.90. The first-order valence-corrected chi connectivity index (χ1v) is 7.43. The zero-order chi connectivity index (χ0) is 14.7. The largest absolute Gasteiger partial charge is 0.308 e. The molecule has 0 saturated carbocycles. The summed E-state index contributed by atoms with van der Waals surface area (Å²) in [6.45, 7) is 5.61. The van der Waals surface area contributed by atoms with E-state index in [2.05, 4.69) is 40.2 Å². The number of aromatic nitrogens is 2. The summed E-state index contributed by atoms with van der Waals surface area (Å²) in [6, 6.07) is 4.73. The molecule has 108 valence electrons. The Labute approximate surface area is 127 Å². The van der Waals surface area contributed by atoms with Crippen molar-refractivity contribution in [2.24, 2.45) is 7.05 Å². The van der Waals surface area contributed by atoms with Gasteiger partial charge in [-0.25, -0.2) is 4.39 Å². The van der Waals surface area contributed by atoms with Crippen molar-refractivity contribution < 1.29 is 4.39 Å². The van der Waals surface area contributed by atoms with E-state index in [0.717, 1.165) is 22.3 Å². The molecule has 0 aliphatic carbocycles. The quantitative estimate of drug-likeness (QED) is 0.899. The summed E-state index contributed by atoms with van der Waals surface area (Å²) in [6.07, 6.45) is 2.03. The summed E-state index contributed by atoms with van der Waals surface area (Å²) >= 11 is 3.44. The molecule has 0 aliphatic rings. The normalized spacial score (nSPS) is 11.3. The van der Waals surface area contributed by atoms with Crippen LogP contribution in [0.1, 0.15) is 36.6 Å². The highest BCUT2D eigenvalue weighted by atomic mass is 79.9. The molecule has 1 aromatic heterocycles. The molecule has 1 aromatic carbocycles. The minimum absolute atomic E-state index is 0.214. The Balaban J connectivity index is 2.01. The minimum atomic E-state index is -0.214. The average Bonchev–Trinajstić information content (AvgIpc) is 2.75. The van der Waals surface area contributed by atoms with Gasteiger partial charge in [0.15, 0.2) is 0 Å². The highest BCUT2D eigenvalue weighted by molar-refractivity contribution is 9.10. The summed E-state index contributed by atoms with van der Waals surface area (Å²) in [7, 11) is 1.93. The monoisotopic (exact) mass is 339 g/mol. The van der Waals surface area contributed by atoms with Gasteiger partial charge >= 0.3 is 0 Å². The minimum Gasteiger partial charge on any atom is -0.308 e. The van der Waals surface area contributed by atoms with Crippen molar-refractivity contribution in [2.75, 3.05) is 0 Å². The van der Waals surface area contributed by atoms with E-state index in [-0.39, 0.29) is 5.82 Å². The molecular weight excluding hydrogens is 321 g/mol. The molecule has 0 radical (unpaired) electrons. The molecule has 1 N–H and O–H groups in total. The van der Waals surface area contributed by atoms with Crippen LogP contribution in [0, 0.1) is 5.82 Å². The van der Waals surface area contributed by atoms with Crippen molar-refractivity contribution in [3.63, 3.8) is 0 Å². The number of hydrogen-bond acceptors (Lipinski definition) is 2. The van der Waals surface area contributed by atoms with Gasteiger partial charge in [-0.3, -0.25) is 4.68 Å². The summed E-state index contributed by atoms with van der Waals surface area (Å²) in [5.74, 6) is 0.183. The molecule has 0 atom stereocenters. The number of aryl methyl sites for hydroxylation is 1. The first-order valence-electron chi connectivity index (χ1n) is 6.64. The molecule has 3 nitrogen and oxygen atoms in total. The van der Waals surface area contributed by atoms with Crippen LogP contribution < -0.4 is 5.32 Å². The molecule has 5 heteroatoms. The molecule has 1 heterocycles. The van der Waals surface area contributed by atoms with Gasteiger partial charge in [-0.05, 0) is 29.7 Å². The Hall–Kier alpha value is -1.20. The van der Waals surface area contributed by atoms with Crippen LogP contribution in [0.3, 0.4) is 0 Å². The first kappa shape index (κ1) is 15.2. The Bertz CT molecular complexity index is 593. The first-order chi connectivity index (χ1) is 9.47. The molecule has 2 aromatic rings. The average molecular weight is 340 g/mol. The molecule has 0 bridgehead atoms. The van der Waals surface area contributed by atoms with Gasteiger partial charge in [0.2, 0.25) is 0 Å². The Kier molecular flexibility index (Phi) is 4.94. The number of hydrogen-bond donors (Lipinski definition) is 1. The molecule has 0 aliphatic heterocycles. The van der Waals surface area contributed by atoms with Gasteiger partial charge < -0.3 is 5.32 Å². The van der Waals surface area contributed by atoms with Gasteiger partial charge in [-0.1, -0.05) is 29.8 Å². The molecule has 0 amide bonds. The van der Waals surface area contributed by atoms with Gasteiger partial charge in [0.1, 0.15) is 5.82 Å². The summed E-state index contributed by atoms with van der Waals surface area (Å²) in [5, 5.41) is 7.82. The maximum absolute atomic E-state index is 13.2. The van der Waals surface area contributed by atoms with E-state index in [1.165, 1.54) is 11.6 Å². The van der Waals surface area contributed by atoms with Crippen LogP contribution in [0.4, 0.5) is 4.39 Å². The number of nitrogens with one attached hydrogen (secondary N) is 1. The number of rotatable bonds is 5. The maximum Gasteiger partial charge on any atom is 0.123 e. The van der Waals surface area contributed by atoms with E-state index < -0.39 is 0 Å². The maximum atomic E-state index is 13.2. The SMILES string of the molecule is CC(C)c1nn(C)cc1CNCc1cc(F)ccc1Br. The molecule has 20 heavy (non-hydrogen) atoms. The predicted octanol–water partition coefficient (Wildman–Crippen LogP) is 3.73. The molecule has 0 spiro atoms. The Morgan fingerprint density at radius 1 is 1.30 bits per heavy atom. The van der Waals surface area contributed by atoms with E-state index in [0.29, 0.717) is 12.5 Å². The van der Waals surface area contributed by atoms with Crippen LogP contribution in [0.2, 0.25) is 0 Å². The van der Waals surface area contributed by atoms with Crippen molar-refractivity contribution in [2.45, 2.75) is 32.9 Å².